The van der Waals surface area contributed by atoms with Crippen molar-refractivity contribution < 1.29 is 33.4 Å². The van der Waals surface area contributed by atoms with Crippen LogP contribution in [0.25, 0.3) is 16.7 Å². The number of nitrogens with one attached hydrogen (secondary N) is 2. The van der Waals surface area contributed by atoms with Crippen LogP contribution in [0.1, 0.15) is 62.3 Å². The minimum Gasteiger partial charge on any atom is -0.458 e. The quantitative estimate of drug-likeness (QED) is 0.144. The van der Waals surface area contributed by atoms with Crippen LogP contribution >= 0.6 is 0 Å². The molecule has 0 heterocycles. The van der Waals surface area contributed by atoms with E-state index < -0.39 is 41.4 Å². The smallest absolute Gasteiger partial charge is 0.408 e. The molecule has 0 fully saturated rings. The molecule has 10 nitrogen and oxygen atoms in total. The summed E-state index contributed by atoms with van der Waals surface area (Å²) in [7, 11) is 0. The first-order valence-electron chi connectivity index (χ1n) is 14.0. The van der Waals surface area contributed by atoms with Crippen molar-refractivity contribution in [2.24, 2.45) is 0 Å². The SMILES string of the molecule is CC(C)(C)OC(=O)[C@H](CCC(=O)C=[N+]=[N-])NC(=O)[C@@H](NC(=O)OCC1c2ccccc2-c2ccccc21)c1ccccc1. The van der Waals surface area contributed by atoms with E-state index in [0.717, 1.165) is 28.5 Å². The molecule has 222 valence electrons. The van der Waals surface area contributed by atoms with Crippen LogP contribution in [-0.4, -0.2) is 53.0 Å². The van der Waals surface area contributed by atoms with Crippen molar-refractivity contribution in [2.45, 2.75) is 57.2 Å². The zero-order valence-corrected chi connectivity index (χ0v) is 24.3. The number of ketones is 1. The molecular weight excluding hydrogens is 548 g/mol. The average Bonchev–Trinajstić information content (AvgIpc) is 3.30. The Hall–Kier alpha value is -5.08. The summed E-state index contributed by atoms with van der Waals surface area (Å²) in [4.78, 5) is 54.3. The van der Waals surface area contributed by atoms with Gasteiger partial charge in [-0.05, 0) is 55.0 Å². The summed E-state index contributed by atoms with van der Waals surface area (Å²) in [5.41, 5.74) is 12.5. The van der Waals surface area contributed by atoms with Crippen LogP contribution in [0.3, 0.4) is 0 Å². The molecule has 0 spiro atoms. The van der Waals surface area contributed by atoms with E-state index in [-0.39, 0.29) is 25.4 Å². The van der Waals surface area contributed by atoms with Crippen LogP contribution in [-0.2, 0) is 23.9 Å². The van der Waals surface area contributed by atoms with Crippen molar-refractivity contribution in [1.82, 2.24) is 10.6 Å². The largest absolute Gasteiger partial charge is 0.458 e. The number of carbonyl (C=O) groups excluding carboxylic acids is 4. The predicted molar refractivity (Wildman–Crippen MR) is 159 cm³/mol. The number of alkyl carbamates (subject to hydrolysis) is 1. The molecule has 3 aromatic rings. The van der Waals surface area contributed by atoms with Crippen molar-refractivity contribution in [3.63, 3.8) is 0 Å². The number of hydrogen-bond donors (Lipinski definition) is 2. The second-order valence-corrected chi connectivity index (χ2v) is 11.2. The molecule has 0 aliphatic heterocycles. The van der Waals surface area contributed by atoms with E-state index in [1.54, 1.807) is 51.1 Å². The molecule has 0 radical (unpaired) electrons. The number of carbonyl (C=O) groups is 4. The molecular formula is C33H34N4O6. The summed E-state index contributed by atoms with van der Waals surface area (Å²) in [5.74, 6) is -2.15. The zero-order valence-electron chi connectivity index (χ0n) is 24.3. The average molecular weight is 583 g/mol. The van der Waals surface area contributed by atoms with Crippen LogP contribution in [0.5, 0.6) is 0 Å². The van der Waals surface area contributed by atoms with Gasteiger partial charge >= 0.3 is 18.3 Å². The first kappa shape index (κ1) is 30.9. The number of fused-ring (bicyclic) bond motifs is 3. The van der Waals surface area contributed by atoms with E-state index >= 15 is 0 Å². The molecule has 0 bridgehead atoms. The normalized spacial score (nSPS) is 13.4. The van der Waals surface area contributed by atoms with Gasteiger partial charge in [-0.3, -0.25) is 9.59 Å². The fraction of sp³-hybridized carbons (Fsp3) is 0.303. The van der Waals surface area contributed by atoms with Gasteiger partial charge < -0.3 is 25.6 Å². The van der Waals surface area contributed by atoms with E-state index in [1.807, 2.05) is 48.5 Å². The maximum absolute atomic E-state index is 13.6. The van der Waals surface area contributed by atoms with Gasteiger partial charge in [-0.15, -0.1) is 0 Å². The van der Waals surface area contributed by atoms with Crippen LogP contribution in [0.2, 0.25) is 0 Å². The number of benzene rings is 3. The highest BCUT2D eigenvalue weighted by Crippen LogP contribution is 2.44. The highest BCUT2D eigenvalue weighted by atomic mass is 16.6. The molecule has 1 aliphatic rings. The Morgan fingerprint density at radius 1 is 0.884 bits per heavy atom. The van der Waals surface area contributed by atoms with Crippen LogP contribution < -0.4 is 10.6 Å². The number of rotatable bonds is 11. The lowest BCUT2D eigenvalue weighted by Gasteiger charge is -2.26. The minimum absolute atomic E-state index is 0.0536. The fourth-order valence-corrected chi connectivity index (χ4v) is 5.00. The van der Waals surface area contributed by atoms with Gasteiger partial charge in [0, 0.05) is 12.3 Å². The Morgan fingerprint density at radius 2 is 1.47 bits per heavy atom. The molecule has 0 saturated heterocycles. The second-order valence-electron chi connectivity index (χ2n) is 11.2. The Kier molecular flexibility index (Phi) is 9.85. The van der Waals surface area contributed by atoms with E-state index in [1.165, 1.54) is 0 Å². The van der Waals surface area contributed by atoms with Crippen molar-refractivity contribution in [3.05, 3.63) is 101 Å². The summed E-state index contributed by atoms with van der Waals surface area (Å²) < 4.78 is 11.1. The summed E-state index contributed by atoms with van der Waals surface area (Å²) in [6.07, 6.45) is -0.393. The van der Waals surface area contributed by atoms with Crippen LogP contribution in [0.15, 0.2) is 78.9 Å². The fourth-order valence-electron chi connectivity index (χ4n) is 5.00. The van der Waals surface area contributed by atoms with Gasteiger partial charge in [0.1, 0.15) is 24.3 Å². The summed E-state index contributed by atoms with van der Waals surface area (Å²) in [6, 6.07) is 22.0. The zero-order chi connectivity index (χ0) is 31.0. The predicted octanol–water partition coefficient (Wildman–Crippen LogP) is 4.74. The van der Waals surface area contributed by atoms with Gasteiger partial charge in [0.15, 0.2) is 0 Å². The number of hydrogen-bond acceptors (Lipinski definition) is 6. The Balaban J connectivity index is 1.50. The van der Waals surface area contributed by atoms with Crippen molar-refractivity contribution in [1.29, 1.82) is 0 Å². The van der Waals surface area contributed by atoms with E-state index in [4.69, 9.17) is 15.0 Å². The molecule has 1 aliphatic carbocycles. The highest BCUT2D eigenvalue weighted by Gasteiger charge is 2.33. The Bertz CT molecular complexity index is 1500. The van der Waals surface area contributed by atoms with Gasteiger partial charge in [-0.1, -0.05) is 78.9 Å². The van der Waals surface area contributed by atoms with Crippen LogP contribution in [0.4, 0.5) is 4.79 Å². The molecule has 4 rings (SSSR count). The molecule has 2 amide bonds. The van der Waals surface area contributed by atoms with Gasteiger partial charge in [0.2, 0.25) is 11.7 Å². The van der Waals surface area contributed by atoms with Crippen molar-refractivity contribution in [2.75, 3.05) is 6.61 Å². The maximum Gasteiger partial charge on any atom is 0.408 e. The van der Waals surface area contributed by atoms with E-state index in [9.17, 15) is 19.2 Å². The van der Waals surface area contributed by atoms with E-state index in [0.29, 0.717) is 5.56 Å². The van der Waals surface area contributed by atoms with Crippen LogP contribution in [0, 0.1) is 0 Å². The molecule has 2 N–H and O–H groups in total. The van der Waals surface area contributed by atoms with Gasteiger partial charge in [0.25, 0.3) is 0 Å². The van der Waals surface area contributed by atoms with Gasteiger partial charge in [0.05, 0.1) is 0 Å². The number of ether oxygens (including phenoxy) is 2. The lowest BCUT2D eigenvalue weighted by molar-refractivity contribution is -0.159. The molecule has 0 saturated carbocycles. The lowest BCUT2D eigenvalue weighted by atomic mass is 9.98. The second kappa shape index (κ2) is 13.7. The minimum atomic E-state index is -1.21. The molecule has 0 aromatic heterocycles. The highest BCUT2D eigenvalue weighted by molar-refractivity contribution is 6.25. The standard InChI is InChI=1S/C33H34N4O6/c1-33(2,3)43-31(40)28(18-17-22(38)19-35-34)36-30(39)29(21-11-5-4-6-12-21)37-32(41)42-20-27-25-15-9-7-13-23(25)24-14-8-10-16-26(24)27/h4-16,19,27-29H,17-18,20H2,1-3H3,(H,36,39)(H,37,41)/t28-,29-/m0/s1. The first-order chi connectivity index (χ1) is 20.6. The topological polar surface area (TPSA) is 147 Å². The first-order valence-corrected chi connectivity index (χ1v) is 14.0. The summed E-state index contributed by atoms with van der Waals surface area (Å²) in [5, 5.41) is 5.26. The Morgan fingerprint density at radius 3 is 2.05 bits per heavy atom. The van der Waals surface area contributed by atoms with E-state index in [2.05, 4.69) is 15.4 Å². The maximum atomic E-state index is 13.6. The third-order valence-corrected chi connectivity index (χ3v) is 6.89. The lowest BCUT2D eigenvalue weighted by Crippen LogP contribution is -2.49. The van der Waals surface area contributed by atoms with Crippen molar-refractivity contribution in [3.8, 4) is 11.1 Å². The monoisotopic (exact) mass is 582 g/mol. The van der Waals surface area contributed by atoms with Gasteiger partial charge in [-0.25, -0.2) is 9.59 Å². The molecule has 0 unspecified atom stereocenters. The molecule has 2 atom stereocenters. The van der Waals surface area contributed by atoms with Crippen molar-refractivity contribution >= 4 is 30.0 Å². The Labute approximate surface area is 250 Å². The molecule has 43 heavy (non-hydrogen) atoms. The number of nitrogens with zero attached hydrogens (tertiary/aromatic N) is 2. The third-order valence-electron chi connectivity index (χ3n) is 6.89. The molecule has 3 aromatic carbocycles. The number of esters is 1. The summed E-state index contributed by atoms with van der Waals surface area (Å²) in [6.45, 7) is 5.09. The van der Waals surface area contributed by atoms with Gasteiger partial charge in [-0.2, -0.15) is 4.79 Å². The molecule has 10 heteroatoms. The third kappa shape index (κ3) is 8.02. The number of Topliss-reactive ketones (excluding diaryl/α,β-unsaturated/α-hetero) is 1. The summed E-state index contributed by atoms with van der Waals surface area (Å²) >= 11 is 0. The number of amides is 2.